The first-order valence-corrected chi connectivity index (χ1v) is 28.3. The standard InChI is InChI=1S/C63H105NO5/c1-4-7-10-13-16-19-22-25-28-30-31-32-35-38-41-44-47-50-53-56-63(68)69-59(54-51-48-45-42-39-36-33-27-24-21-18-15-12-9-6-3)57-62(67)64-60(58-65)61(66)55-52-49-46-43-40-37-34-29-26-23-20-17-14-11-8-5-2/h9,12,15-16,18-19,21,24-25,27-28,31-33,36,38-39,41-42,45,59-61,65-66H,4-8,10-11,13-14,17,20,22-23,26,29-30,34-35,37,40,43-44,46-58H2,1-3H3,(H,64,67)/b12-9-,18-15+,19-16-,24-21+,28-25-,32-31-,33-27-,39-36+,41-38-,45-42+. The number of unbranched alkanes of at least 4 members (excludes halogenated alkanes) is 22. The Bertz CT molecular complexity index is 1440. The lowest BCUT2D eigenvalue weighted by Crippen LogP contribution is -2.46. The minimum Gasteiger partial charge on any atom is -0.462 e. The smallest absolute Gasteiger partial charge is 0.306 e. The van der Waals surface area contributed by atoms with Crippen molar-refractivity contribution in [3.05, 3.63) is 122 Å². The van der Waals surface area contributed by atoms with Gasteiger partial charge in [-0.2, -0.15) is 0 Å². The number of nitrogens with one attached hydrogen (secondary N) is 1. The third-order valence-electron chi connectivity index (χ3n) is 12.2. The third-order valence-corrected chi connectivity index (χ3v) is 12.2. The van der Waals surface area contributed by atoms with Gasteiger partial charge >= 0.3 is 5.97 Å². The SMILES string of the molecule is CC\C=C/C=C/C=C/C=C\C=C\C=C\CCCC(CC(=O)NC(CO)C(O)CCCCCCCCCCCCCCCCCC)OC(=O)CCCCC/C=C\C/C=C\C/C=C\C/C=C\CCCCC. The van der Waals surface area contributed by atoms with Crippen LogP contribution in [0.1, 0.15) is 239 Å². The van der Waals surface area contributed by atoms with Gasteiger partial charge in [0.15, 0.2) is 0 Å². The summed E-state index contributed by atoms with van der Waals surface area (Å²) in [7, 11) is 0. The molecular formula is C63H105NO5. The predicted molar refractivity (Wildman–Crippen MR) is 300 cm³/mol. The summed E-state index contributed by atoms with van der Waals surface area (Å²) >= 11 is 0. The molecule has 6 nitrogen and oxygen atoms in total. The molecular weight excluding hydrogens is 851 g/mol. The summed E-state index contributed by atoms with van der Waals surface area (Å²) in [5.74, 6) is -0.593. The minimum absolute atomic E-state index is 0.00603. The van der Waals surface area contributed by atoms with Crippen LogP contribution in [0.5, 0.6) is 0 Å². The van der Waals surface area contributed by atoms with Crippen LogP contribution in [-0.4, -0.2) is 46.9 Å². The number of hydrogen-bond acceptors (Lipinski definition) is 5. The van der Waals surface area contributed by atoms with Gasteiger partial charge in [-0.3, -0.25) is 9.59 Å². The Kier molecular flexibility index (Phi) is 52.2. The quantitative estimate of drug-likeness (QED) is 0.0244. The number of carbonyl (C=O) groups is 2. The van der Waals surface area contributed by atoms with Crippen LogP contribution in [0.15, 0.2) is 122 Å². The Morgan fingerprint density at radius 1 is 0.449 bits per heavy atom. The minimum atomic E-state index is -0.823. The van der Waals surface area contributed by atoms with E-state index in [1.807, 2.05) is 60.8 Å². The number of allylic oxidation sites excluding steroid dienone is 20. The summed E-state index contributed by atoms with van der Waals surface area (Å²) in [4.78, 5) is 26.2. The molecule has 0 aliphatic heterocycles. The van der Waals surface area contributed by atoms with Gasteiger partial charge < -0.3 is 20.3 Å². The topological polar surface area (TPSA) is 95.9 Å². The van der Waals surface area contributed by atoms with Gasteiger partial charge in [-0.25, -0.2) is 0 Å². The van der Waals surface area contributed by atoms with Gasteiger partial charge in [0.05, 0.1) is 25.2 Å². The maximum Gasteiger partial charge on any atom is 0.306 e. The molecule has 3 atom stereocenters. The fraction of sp³-hybridized carbons (Fsp3) is 0.651. The van der Waals surface area contributed by atoms with Crippen LogP contribution in [-0.2, 0) is 14.3 Å². The highest BCUT2D eigenvalue weighted by molar-refractivity contribution is 5.77. The number of esters is 1. The molecule has 0 aromatic rings. The number of amides is 1. The van der Waals surface area contributed by atoms with E-state index in [1.54, 1.807) is 0 Å². The van der Waals surface area contributed by atoms with Crippen molar-refractivity contribution >= 4 is 11.9 Å². The summed E-state index contributed by atoms with van der Waals surface area (Å²) in [5.41, 5.74) is 0. The largest absolute Gasteiger partial charge is 0.462 e. The molecule has 0 aliphatic carbocycles. The van der Waals surface area contributed by atoms with Crippen LogP contribution in [0.2, 0.25) is 0 Å². The van der Waals surface area contributed by atoms with Gasteiger partial charge in [-0.1, -0.05) is 264 Å². The maximum atomic E-state index is 13.3. The molecule has 0 fully saturated rings. The normalized spacial score (nSPS) is 14.1. The second kappa shape index (κ2) is 55.2. The molecule has 1 amide bonds. The molecule has 392 valence electrons. The monoisotopic (exact) mass is 956 g/mol. The highest BCUT2D eigenvalue weighted by Crippen LogP contribution is 2.17. The molecule has 0 radical (unpaired) electrons. The first kappa shape index (κ1) is 65.3. The number of carbonyl (C=O) groups excluding carboxylic acids is 2. The summed E-state index contributed by atoms with van der Waals surface area (Å²) in [5, 5.41) is 23.8. The molecule has 0 aromatic heterocycles. The molecule has 69 heavy (non-hydrogen) atoms. The molecule has 0 heterocycles. The van der Waals surface area contributed by atoms with E-state index >= 15 is 0 Å². The Balaban J connectivity index is 4.74. The van der Waals surface area contributed by atoms with Gasteiger partial charge in [0.25, 0.3) is 0 Å². The van der Waals surface area contributed by atoms with Crippen molar-refractivity contribution in [2.45, 2.75) is 257 Å². The van der Waals surface area contributed by atoms with Crippen molar-refractivity contribution in [1.29, 1.82) is 0 Å². The van der Waals surface area contributed by atoms with Gasteiger partial charge in [0.1, 0.15) is 6.10 Å². The summed E-state index contributed by atoms with van der Waals surface area (Å²) in [6.07, 6.45) is 76.9. The van der Waals surface area contributed by atoms with Crippen molar-refractivity contribution in [1.82, 2.24) is 5.32 Å². The molecule has 0 rings (SSSR count). The molecule has 0 aromatic carbocycles. The Morgan fingerprint density at radius 3 is 1.35 bits per heavy atom. The first-order valence-electron chi connectivity index (χ1n) is 28.3. The Hall–Kier alpha value is -3.74. The zero-order chi connectivity index (χ0) is 50.2. The molecule has 0 saturated carbocycles. The zero-order valence-corrected chi connectivity index (χ0v) is 44.6. The zero-order valence-electron chi connectivity index (χ0n) is 44.6. The van der Waals surface area contributed by atoms with Gasteiger partial charge in [0.2, 0.25) is 5.91 Å². The number of ether oxygens (including phenoxy) is 1. The van der Waals surface area contributed by atoms with E-state index in [0.717, 1.165) is 83.5 Å². The lowest BCUT2D eigenvalue weighted by molar-refractivity contribution is -0.151. The molecule has 3 unspecified atom stereocenters. The summed E-state index contributed by atoms with van der Waals surface area (Å²) in [6.45, 7) is 6.29. The fourth-order valence-corrected chi connectivity index (χ4v) is 7.92. The molecule has 0 bridgehead atoms. The fourth-order valence-electron chi connectivity index (χ4n) is 7.92. The van der Waals surface area contributed by atoms with Crippen molar-refractivity contribution in [3.63, 3.8) is 0 Å². The molecule has 6 heteroatoms. The van der Waals surface area contributed by atoms with E-state index in [-0.39, 0.29) is 24.9 Å². The first-order chi connectivity index (χ1) is 34.0. The van der Waals surface area contributed by atoms with E-state index in [2.05, 4.69) is 86.8 Å². The van der Waals surface area contributed by atoms with Crippen LogP contribution in [0.25, 0.3) is 0 Å². The lowest BCUT2D eigenvalue weighted by atomic mass is 10.0. The number of aliphatic hydroxyl groups is 2. The summed E-state index contributed by atoms with van der Waals surface area (Å²) in [6, 6.07) is -0.742. The molecule has 3 N–H and O–H groups in total. The number of rotatable bonds is 49. The second-order valence-electron chi connectivity index (χ2n) is 18.8. The second-order valence-corrected chi connectivity index (χ2v) is 18.8. The van der Waals surface area contributed by atoms with Crippen molar-refractivity contribution in [3.8, 4) is 0 Å². The maximum absolute atomic E-state index is 13.3. The van der Waals surface area contributed by atoms with Gasteiger partial charge in [-0.15, -0.1) is 0 Å². The average Bonchev–Trinajstić information content (AvgIpc) is 3.34. The van der Waals surface area contributed by atoms with Crippen LogP contribution in [0.3, 0.4) is 0 Å². The molecule has 0 spiro atoms. The van der Waals surface area contributed by atoms with E-state index in [4.69, 9.17) is 4.74 Å². The predicted octanol–water partition coefficient (Wildman–Crippen LogP) is 17.6. The van der Waals surface area contributed by atoms with Crippen LogP contribution < -0.4 is 5.32 Å². The summed E-state index contributed by atoms with van der Waals surface area (Å²) < 4.78 is 5.90. The van der Waals surface area contributed by atoms with Crippen molar-refractivity contribution in [2.75, 3.05) is 6.61 Å². The van der Waals surface area contributed by atoms with Gasteiger partial charge in [0, 0.05) is 6.42 Å². The Morgan fingerprint density at radius 2 is 0.855 bits per heavy atom. The highest BCUT2D eigenvalue weighted by atomic mass is 16.5. The average molecular weight is 957 g/mol. The molecule has 0 aliphatic rings. The van der Waals surface area contributed by atoms with E-state index < -0.39 is 18.2 Å². The highest BCUT2D eigenvalue weighted by Gasteiger charge is 2.24. The van der Waals surface area contributed by atoms with E-state index in [9.17, 15) is 19.8 Å². The van der Waals surface area contributed by atoms with Gasteiger partial charge in [-0.05, 0) is 83.5 Å². The van der Waals surface area contributed by atoms with Crippen LogP contribution >= 0.6 is 0 Å². The van der Waals surface area contributed by atoms with E-state index in [0.29, 0.717) is 19.3 Å². The lowest BCUT2D eigenvalue weighted by Gasteiger charge is -2.24. The van der Waals surface area contributed by atoms with Crippen LogP contribution in [0, 0.1) is 0 Å². The Labute approximate surface area is 425 Å². The number of hydrogen-bond donors (Lipinski definition) is 3. The molecule has 0 saturated heterocycles. The third kappa shape index (κ3) is 50.5. The number of aliphatic hydroxyl groups excluding tert-OH is 2. The van der Waals surface area contributed by atoms with Crippen molar-refractivity contribution in [2.24, 2.45) is 0 Å². The van der Waals surface area contributed by atoms with Crippen LogP contribution in [0.4, 0.5) is 0 Å². The van der Waals surface area contributed by atoms with E-state index in [1.165, 1.54) is 109 Å². The van der Waals surface area contributed by atoms with Crippen molar-refractivity contribution < 1.29 is 24.5 Å².